The summed E-state index contributed by atoms with van der Waals surface area (Å²) in [5.41, 5.74) is 1.80. The van der Waals surface area contributed by atoms with Gasteiger partial charge in [-0.25, -0.2) is 4.99 Å². The average Bonchev–Trinajstić information content (AvgIpc) is 3.03. The molecule has 0 aliphatic carbocycles. The highest BCUT2D eigenvalue weighted by atomic mass is 16.5. The molecule has 1 aromatic carbocycles. The summed E-state index contributed by atoms with van der Waals surface area (Å²) in [5, 5.41) is 10.6. The summed E-state index contributed by atoms with van der Waals surface area (Å²) in [6.07, 6.45) is 0. The Hall–Kier alpha value is -2.34. The van der Waals surface area contributed by atoms with Crippen LogP contribution in [0.2, 0.25) is 0 Å². The second kappa shape index (κ2) is 8.95. The summed E-state index contributed by atoms with van der Waals surface area (Å²) in [5.74, 6) is 1.49. The zero-order valence-corrected chi connectivity index (χ0v) is 13.9. The highest BCUT2D eigenvalue weighted by Crippen LogP contribution is 2.19. The van der Waals surface area contributed by atoms with Crippen molar-refractivity contribution in [2.24, 2.45) is 4.99 Å². The zero-order chi connectivity index (χ0) is 16.5. The number of hydrogen-bond acceptors (Lipinski definition) is 4. The van der Waals surface area contributed by atoms with Gasteiger partial charge < -0.3 is 19.9 Å². The molecule has 1 atom stereocenters. The SMILES string of the molecule is CCNC(=NCc1cc(-c2ccccc2)on1)NC(C)COC. The van der Waals surface area contributed by atoms with E-state index < -0.39 is 0 Å². The topological polar surface area (TPSA) is 71.7 Å². The van der Waals surface area contributed by atoms with Crippen LogP contribution in [0.1, 0.15) is 19.5 Å². The molecular formula is C17H24N4O2. The molecule has 2 rings (SSSR count). The summed E-state index contributed by atoms with van der Waals surface area (Å²) >= 11 is 0. The Kier molecular flexibility index (Phi) is 6.62. The molecule has 2 N–H and O–H groups in total. The third kappa shape index (κ3) is 5.41. The van der Waals surface area contributed by atoms with Crippen molar-refractivity contribution in [3.8, 4) is 11.3 Å². The number of ether oxygens (including phenoxy) is 1. The van der Waals surface area contributed by atoms with Gasteiger partial charge in [-0.15, -0.1) is 0 Å². The van der Waals surface area contributed by atoms with Gasteiger partial charge in [-0.2, -0.15) is 0 Å². The molecule has 6 heteroatoms. The molecule has 0 amide bonds. The molecule has 1 unspecified atom stereocenters. The zero-order valence-electron chi connectivity index (χ0n) is 13.9. The molecule has 0 aliphatic heterocycles. The minimum Gasteiger partial charge on any atom is -0.383 e. The highest BCUT2D eigenvalue weighted by Gasteiger charge is 2.08. The van der Waals surface area contributed by atoms with Gasteiger partial charge in [0.25, 0.3) is 0 Å². The van der Waals surface area contributed by atoms with Gasteiger partial charge >= 0.3 is 0 Å². The molecule has 0 bridgehead atoms. The lowest BCUT2D eigenvalue weighted by Crippen LogP contribution is -2.43. The Balaban J connectivity index is 2.00. The van der Waals surface area contributed by atoms with E-state index in [1.54, 1.807) is 7.11 Å². The van der Waals surface area contributed by atoms with E-state index in [-0.39, 0.29) is 6.04 Å². The predicted molar refractivity (Wildman–Crippen MR) is 91.2 cm³/mol. The van der Waals surface area contributed by atoms with Gasteiger partial charge in [0.2, 0.25) is 0 Å². The Morgan fingerprint density at radius 3 is 2.83 bits per heavy atom. The van der Waals surface area contributed by atoms with Crippen molar-refractivity contribution in [2.45, 2.75) is 26.4 Å². The Morgan fingerprint density at radius 2 is 2.13 bits per heavy atom. The molecule has 0 aliphatic rings. The number of nitrogens with zero attached hydrogens (tertiary/aromatic N) is 2. The smallest absolute Gasteiger partial charge is 0.191 e. The lowest BCUT2D eigenvalue weighted by molar-refractivity contribution is 0.179. The first-order chi connectivity index (χ1) is 11.2. The number of rotatable bonds is 7. The first-order valence-corrected chi connectivity index (χ1v) is 7.77. The third-order valence-electron chi connectivity index (χ3n) is 3.16. The van der Waals surface area contributed by atoms with Crippen LogP contribution in [0, 0.1) is 0 Å². The normalized spacial score (nSPS) is 12.9. The minimum atomic E-state index is 0.176. The number of benzene rings is 1. The van der Waals surface area contributed by atoms with Crippen LogP contribution in [-0.4, -0.2) is 37.4 Å². The molecule has 23 heavy (non-hydrogen) atoms. The molecule has 2 aromatic rings. The predicted octanol–water partition coefficient (Wildman–Crippen LogP) is 2.43. The molecule has 0 saturated heterocycles. The van der Waals surface area contributed by atoms with Gasteiger partial charge in [-0.3, -0.25) is 0 Å². The lowest BCUT2D eigenvalue weighted by atomic mass is 10.2. The van der Waals surface area contributed by atoms with E-state index in [9.17, 15) is 0 Å². The fourth-order valence-corrected chi connectivity index (χ4v) is 2.13. The number of guanidine groups is 1. The fraction of sp³-hybridized carbons (Fsp3) is 0.412. The lowest BCUT2D eigenvalue weighted by Gasteiger charge is -2.16. The second-order valence-corrected chi connectivity index (χ2v) is 5.24. The van der Waals surface area contributed by atoms with Crippen molar-refractivity contribution >= 4 is 5.96 Å². The van der Waals surface area contributed by atoms with Gasteiger partial charge in [0.1, 0.15) is 5.69 Å². The summed E-state index contributed by atoms with van der Waals surface area (Å²) < 4.78 is 10.5. The fourth-order valence-electron chi connectivity index (χ4n) is 2.13. The molecule has 0 spiro atoms. The Bertz CT molecular complexity index is 610. The Labute approximate surface area is 136 Å². The largest absolute Gasteiger partial charge is 0.383 e. The molecule has 0 saturated carbocycles. The average molecular weight is 316 g/mol. The molecule has 0 radical (unpaired) electrons. The number of nitrogens with one attached hydrogen (secondary N) is 2. The maximum absolute atomic E-state index is 5.38. The minimum absolute atomic E-state index is 0.176. The van der Waals surface area contributed by atoms with Crippen molar-refractivity contribution in [3.63, 3.8) is 0 Å². The van der Waals surface area contributed by atoms with Gasteiger partial charge in [0, 0.05) is 31.3 Å². The van der Waals surface area contributed by atoms with Gasteiger partial charge in [-0.05, 0) is 13.8 Å². The first-order valence-electron chi connectivity index (χ1n) is 7.77. The van der Waals surface area contributed by atoms with Crippen molar-refractivity contribution in [1.29, 1.82) is 0 Å². The molecular weight excluding hydrogens is 292 g/mol. The van der Waals surface area contributed by atoms with E-state index in [0.29, 0.717) is 13.2 Å². The molecule has 0 fully saturated rings. The van der Waals surface area contributed by atoms with Crippen LogP contribution in [0.3, 0.4) is 0 Å². The van der Waals surface area contributed by atoms with Crippen LogP contribution < -0.4 is 10.6 Å². The number of hydrogen-bond donors (Lipinski definition) is 2. The standard InChI is InChI=1S/C17H24N4O2/c1-4-18-17(20-13(2)12-22-3)19-11-15-10-16(23-21-15)14-8-6-5-7-9-14/h5-10,13H,4,11-12H2,1-3H3,(H2,18,19,20). The van der Waals surface area contributed by atoms with Crippen molar-refractivity contribution in [3.05, 3.63) is 42.1 Å². The molecule has 124 valence electrons. The van der Waals surface area contributed by atoms with Crippen LogP contribution in [0.15, 0.2) is 45.9 Å². The number of aromatic nitrogens is 1. The van der Waals surface area contributed by atoms with Crippen molar-refractivity contribution in [1.82, 2.24) is 15.8 Å². The molecule has 6 nitrogen and oxygen atoms in total. The van der Waals surface area contributed by atoms with Gasteiger partial charge in [0.15, 0.2) is 11.7 Å². The van der Waals surface area contributed by atoms with Crippen LogP contribution in [0.5, 0.6) is 0 Å². The van der Waals surface area contributed by atoms with Crippen LogP contribution in [0.4, 0.5) is 0 Å². The van der Waals surface area contributed by atoms with E-state index in [1.165, 1.54) is 0 Å². The first kappa shape index (κ1) is 17.0. The summed E-state index contributed by atoms with van der Waals surface area (Å²) in [6, 6.07) is 12.0. The van der Waals surface area contributed by atoms with Crippen LogP contribution in [-0.2, 0) is 11.3 Å². The van der Waals surface area contributed by atoms with Crippen LogP contribution >= 0.6 is 0 Å². The monoisotopic (exact) mass is 316 g/mol. The van der Waals surface area contributed by atoms with E-state index in [2.05, 4.69) is 20.8 Å². The molecule has 1 aromatic heterocycles. The second-order valence-electron chi connectivity index (χ2n) is 5.24. The quantitative estimate of drug-likeness (QED) is 0.606. The summed E-state index contributed by atoms with van der Waals surface area (Å²) in [6.45, 7) is 5.93. The molecule has 1 heterocycles. The maximum Gasteiger partial charge on any atom is 0.191 e. The van der Waals surface area contributed by atoms with E-state index in [0.717, 1.165) is 29.5 Å². The summed E-state index contributed by atoms with van der Waals surface area (Å²) in [7, 11) is 1.68. The van der Waals surface area contributed by atoms with Crippen molar-refractivity contribution in [2.75, 3.05) is 20.3 Å². The number of aliphatic imine (C=N–C) groups is 1. The van der Waals surface area contributed by atoms with E-state index in [4.69, 9.17) is 9.26 Å². The van der Waals surface area contributed by atoms with Gasteiger partial charge in [-0.1, -0.05) is 35.5 Å². The summed E-state index contributed by atoms with van der Waals surface area (Å²) in [4.78, 5) is 4.53. The van der Waals surface area contributed by atoms with Crippen molar-refractivity contribution < 1.29 is 9.26 Å². The van der Waals surface area contributed by atoms with E-state index in [1.807, 2.05) is 50.2 Å². The highest BCUT2D eigenvalue weighted by molar-refractivity contribution is 5.80. The third-order valence-corrected chi connectivity index (χ3v) is 3.16. The maximum atomic E-state index is 5.38. The van der Waals surface area contributed by atoms with Crippen LogP contribution in [0.25, 0.3) is 11.3 Å². The van der Waals surface area contributed by atoms with E-state index >= 15 is 0 Å². The van der Waals surface area contributed by atoms with Gasteiger partial charge in [0.05, 0.1) is 13.2 Å². The number of methoxy groups -OCH3 is 1. The Morgan fingerprint density at radius 1 is 1.35 bits per heavy atom.